The highest BCUT2D eigenvalue weighted by Crippen LogP contribution is 2.16. The van der Waals surface area contributed by atoms with Gasteiger partial charge in [-0.1, -0.05) is 15.9 Å². The van der Waals surface area contributed by atoms with Crippen molar-refractivity contribution in [2.45, 2.75) is 4.83 Å². The second-order valence-electron chi connectivity index (χ2n) is 2.81. The van der Waals surface area contributed by atoms with Crippen LogP contribution in [0.1, 0.15) is 10.4 Å². The van der Waals surface area contributed by atoms with E-state index < -0.39 is 16.7 Å². The third kappa shape index (κ3) is 3.24. The monoisotopic (exact) mass is 309 g/mol. The van der Waals surface area contributed by atoms with Gasteiger partial charge in [-0.25, -0.2) is 0 Å². The molecule has 0 fully saturated rings. The smallest absolute Gasteiger partial charge is 0.321 e. The molecule has 88 valence electrons. The van der Waals surface area contributed by atoms with Crippen LogP contribution in [-0.2, 0) is 9.53 Å². The fraction of sp³-hybridized carbons (Fsp3) is 0.333. The van der Waals surface area contributed by atoms with E-state index in [0.717, 1.165) is 0 Å². The highest BCUT2D eigenvalue weighted by Gasteiger charge is 2.18. The number of amides is 1. The average molecular weight is 311 g/mol. The first-order valence-corrected chi connectivity index (χ1v) is 5.58. The van der Waals surface area contributed by atoms with Crippen LogP contribution in [0, 0.1) is 0 Å². The Balaban J connectivity index is 2.48. The zero-order valence-electron chi connectivity index (χ0n) is 8.33. The summed E-state index contributed by atoms with van der Waals surface area (Å²) in [5.41, 5.74) is 0.228. The molecule has 1 rings (SSSR count). The van der Waals surface area contributed by atoms with Gasteiger partial charge >= 0.3 is 5.97 Å². The number of carbonyl (C=O) groups is 2. The molecular weight excluding hydrogens is 301 g/mol. The Morgan fingerprint density at radius 2 is 2.38 bits per heavy atom. The maximum absolute atomic E-state index is 11.5. The molecule has 1 atom stereocenters. The SMILES string of the molecule is COC(=O)C(Br)CNC(=O)c1ccoc1Cl. The molecular formula is C9H9BrClNO4. The Morgan fingerprint density at radius 1 is 1.69 bits per heavy atom. The summed E-state index contributed by atoms with van der Waals surface area (Å²) < 4.78 is 9.24. The van der Waals surface area contributed by atoms with Gasteiger partial charge in [0.1, 0.15) is 4.83 Å². The van der Waals surface area contributed by atoms with Gasteiger partial charge in [-0.05, 0) is 17.7 Å². The molecule has 0 saturated heterocycles. The van der Waals surface area contributed by atoms with E-state index in [4.69, 9.17) is 16.0 Å². The van der Waals surface area contributed by atoms with Crippen LogP contribution in [0.15, 0.2) is 16.7 Å². The fourth-order valence-electron chi connectivity index (χ4n) is 0.944. The Kier molecular flexibility index (Phi) is 4.82. The molecule has 1 N–H and O–H groups in total. The van der Waals surface area contributed by atoms with Crippen molar-refractivity contribution in [1.29, 1.82) is 0 Å². The molecule has 0 aliphatic carbocycles. The summed E-state index contributed by atoms with van der Waals surface area (Å²) in [6.45, 7) is 0.104. The van der Waals surface area contributed by atoms with Crippen LogP contribution in [0.2, 0.25) is 5.22 Å². The molecule has 0 bridgehead atoms. The highest BCUT2D eigenvalue weighted by molar-refractivity contribution is 9.10. The van der Waals surface area contributed by atoms with Crippen molar-refractivity contribution in [3.63, 3.8) is 0 Å². The van der Waals surface area contributed by atoms with E-state index in [2.05, 4.69) is 26.0 Å². The number of furan rings is 1. The second-order valence-corrected chi connectivity index (χ2v) is 4.26. The standard InChI is InChI=1S/C9H9BrClNO4/c1-15-9(14)6(10)4-12-8(13)5-2-3-16-7(5)11/h2-3,6H,4H2,1H3,(H,12,13). The predicted octanol–water partition coefficient (Wildman–Crippen LogP) is 1.60. The molecule has 0 aliphatic heterocycles. The van der Waals surface area contributed by atoms with Crippen molar-refractivity contribution >= 4 is 39.4 Å². The predicted molar refractivity (Wildman–Crippen MR) is 60.8 cm³/mol. The van der Waals surface area contributed by atoms with E-state index in [1.54, 1.807) is 0 Å². The molecule has 0 radical (unpaired) electrons. The number of esters is 1. The van der Waals surface area contributed by atoms with Gasteiger partial charge < -0.3 is 14.5 Å². The lowest BCUT2D eigenvalue weighted by Gasteiger charge is -2.08. The Hall–Kier alpha value is -1.01. The molecule has 1 unspecified atom stereocenters. The van der Waals surface area contributed by atoms with Crippen molar-refractivity contribution in [3.05, 3.63) is 23.1 Å². The molecule has 0 saturated carbocycles. The van der Waals surface area contributed by atoms with Gasteiger partial charge in [-0.15, -0.1) is 0 Å². The molecule has 5 nitrogen and oxygen atoms in total. The number of nitrogens with one attached hydrogen (secondary N) is 1. The molecule has 0 aliphatic rings. The Bertz CT molecular complexity index is 393. The van der Waals surface area contributed by atoms with E-state index in [9.17, 15) is 9.59 Å². The molecule has 0 aromatic carbocycles. The van der Waals surface area contributed by atoms with Gasteiger partial charge in [-0.2, -0.15) is 0 Å². The minimum atomic E-state index is -0.591. The number of methoxy groups -OCH3 is 1. The maximum atomic E-state index is 11.5. The quantitative estimate of drug-likeness (QED) is 0.677. The molecule has 1 heterocycles. The largest absolute Gasteiger partial charge is 0.468 e. The van der Waals surface area contributed by atoms with E-state index in [1.165, 1.54) is 19.4 Å². The minimum Gasteiger partial charge on any atom is -0.468 e. The van der Waals surface area contributed by atoms with Gasteiger partial charge in [0.05, 0.1) is 18.9 Å². The van der Waals surface area contributed by atoms with E-state index >= 15 is 0 Å². The normalized spacial score (nSPS) is 11.9. The van der Waals surface area contributed by atoms with E-state index in [0.29, 0.717) is 0 Å². The molecule has 7 heteroatoms. The van der Waals surface area contributed by atoms with Crippen molar-refractivity contribution in [2.75, 3.05) is 13.7 Å². The Morgan fingerprint density at radius 3 is 2.88 bits per heavy atom. The first-order valence-electron chi connectivity index (χ1n) is 4.29. The van der Waals surface area contributed by atoms with Crippen LogP contribution in [0.25, 0.3) is 0 Å². The van der Waals surface area contributed by atoms with Crippen molar-refractivity contribution in [3.8, 4) is 0 Å². The first-order chi connectivity index (χ1) is 7.56. The molecule has 1 amide bonds. The second kappa shape index (κ2) is 5.91. The van der Waals surface area contributed by atoms with Crippen molar-refractivity contribution < 1.29 is 18.7 Å². The lowest BCUT2D eigenvalue weighted by molar-refractivity contribution is -0.139. The van der Waals surface area contributed by atoms with Crippen molar-refractivity contribution in [2.24, 2.45) is 0 Å². The third-order valence-electron chi connectivity index (χ3n) is 1.76. The van der Waals surface area contributed by atoms with Gasteiger partial charge in [0, 0.05) is 6.54 Å². The van der Waals surface area contributed by atoms with Gasteiger partial charge in [0.25, 0.3) is 5.91 Å². The van der Waals surface area contributed by atoms with E-state index in [-0.39, 0.29) is 17.3 Å². The highest BCUT2D eigenvalue weighted by atomic mass is 79.9. The number of ether oxygens (including phenoxy) is 1. The topological polar surface area (TPSA) is 68.5 Å². The van der Waals surface area contributed by atoms with Crippen LogP contribution in [0.3, 0.4) is 0 Å². The van der Waals surface area contributed by atoms with Crippen LogP contribution in [0.4, 0.5) is 0 Å². The zero-order valence-corrected chi connectivity index (χ0v) is 10.7. The summed E-state index contributed by atoms with van der Waals surface area (Å²) in [7, 11) is 1.27. The molecule has 1 aromatic rings. The summed E-state index contributed by atoms with van der Waals surface area (Å²) in [6, 6.07) is 1.44. The third-order valence-corrected chi connectivity index (χ3v) is 2.75. The summed E-state index contributed by atoms with van der Waals surface area (Å²) in [4.78, 5) is 21.9. The number of halogens is 2. The van der Waals surface area contributed by atoms with Crippen LogP contribution >= 0.6 is 27.5 Å². The Labute approximate surface area is 105 Å². The lowest BCUT2D eigenvalue weighted by atomic mass is 10.3. The molecule has 1 aromatic heterocycles. The number of hydrogen-bond acceptors (Lipinski definition) is 4. The molecule has 0 spiro atoms. The number of alkyl halides is 1. The number of carbonyl (C=O) groups excluding carboxylic acids is 2. The molecule has 16 heavy (non-hydrogen) atoms. The fourth-order valence-corrected chi connectivity index (χ4v) is 1.49. The van der Waals surface area contributed by atoms with E-state index in [1.807, 2.05) is 0 Å². The summed E-state index contributed by atoms with van der Waals surface area (Å²) >= 11 is 8.68. The van der Waals surface area contributed by atoms with Crippen LogP contribution in [0.5, 0.6) is 0 Å². The lowest BCUT2D eigenvalue weighted by Crippen LogP contribution is -2.33. The van der Waals surface area contributed by atoms with Gasteiger partial charge in [-0.3, -0.25) is 9.59 Å². The zero-order chi connectivity index (χ0) is 12.1. The van der Waals surface area contributed by atoms with Crippen LogP contribution < -0.4 is 5.32 Å². The van der Waals surface area contributed by atoms with Crippen LogP contribution in [-0.4, -0.2) is 30.4 Å². The minimum absolute atomic E-state index is 0.0155. The van der Waals surface area contributed by atoms with Crippen molar-refractivity contribution in [1.82, 2.24) is 5.32 Å². The summed E-state index contributed by atoms with van der Waals surface area (Å²) in [5.74, 6) is -0.870. The summed E-state index contributed by atoms with van der Waals surface area (Å²) in [6.07, 6.45) is 1.31. The first kappa shape index (κ1) is 13.1. The van der Waals surface area contributed by atoms with Gasteiger partial charge in [0.2, 0.25) is 5.22 Å². The average Bonchev–Trinajstić information content (AvgIpc) is 2.70. The number of hydrogen-bond donors (Lipinski definition) is 1. The number of rotatable bonds is 4. The van der Waals surface area contributed by atoms with Gasteiger partial charge in [0.15, 0.2) is 0 Å². The summed E-state index contributed by atoms with van der Waals surface area (Å²) in [5, 5.41) is 2.53. The maximum Gasteiger partial charge on any atom is 0.321 e.